The first-order valence-electron chi connectivity index (χ1n) is 6.27. The zero-order chi connectivity index (χ0) is 13.9. The van der Waals surface area contributed by atoms with E-state index >= 15 is 0 Å². The minimum atomic E-state index is -0.804. The van der Waals surface area contributed by atoms with Crippen LogP contribution in [-0.4, -0.2) is 24.2 Å². The normalized spacial score (nSPS) is 9.32. The average Bonchev–Trinajstić information content (AvgIpc) is 2.47. The molecule has 0 aliphatic rings. The van der Waals surface area contributed by atoms with Crippen molar-refractivity contribution in [3.05, 3.63) is 60.7 Å². The number of nitrogens with one attached hydrogen (secondary N) is 1. The van der Waals surface area contributed by atoms with E-state index in [9.17, 15) is 4.79 Å². The minimum absolute atomic E-state index is 0.0660. The van der Waals surface area contributed by atoms with Gasteiger partial charge in [0, 0.05) is 0 Å². The van der Waals surface area contributed by atoms with Crippen molar-refractivity contribution in [1.29, 1.82) is 0 Å². The molecule has 100 valence electrons. The van der Waals surface area contributed by atoms with Gasteiger partial charge in [-0.2, -0.15) is 0 Å². The van der Waals surface area contributed by atoms with E-state index in [0.717, 1.165) is 0 Å². The van der Waals surface area contributed by atoms with Crippen LogP contribution in [0.5, 0.6) is 0 Å². The second-order valence-electron chi connectivity index (χ2n) is 3.91. The molecule has 0 bridgehead atoms. The first-order valence-corrected chi connectivity index (χ1v) is 6.27. The van der Waals surface area contributed by atoms with Gasteiger partial charge in [0.05, 0.1) is 6.54 Å². The lowest BCUT2D eigenvalue weighted by Gasteiger charge is -1.98. The molecule has 0 radical (unpaired) electrons. The molecule has 19 heavy (non-hydrogen) atoms. The summed E-state index contributed by atoms with van der Waals surface area (Å²) in [7, 11) is 0. The number of benzene rings is 2. The molecule has 2 aromatic carbocycles. The predicted octanol–water partition coefficient (Wildman–Crippen LogP) is 3.03. The molecule has 2 aromatic rings. The Hall–Kier alpha value is -2.13. The predicted molar refractivity (Wildman–Crippen MR) is 78.1 cm³/mol. The van der Waals surface area contributed by atoms with Crippen LogP contribution < -0.4 is 5.32 Å². The van der Waals surface area contributed by atoms with Crippen molar-refractivity contribution in [2.45, 2.75) is 6.92 Å². The van der Waals surface area contributed by atoms with E-state index in [-0.39, 0.29) is 6.54 Å². The molecule has 3 heteroatoms. The van der Waals surface area contributed by atoms with Gasteiger partial charge in [-0.15, -0.1) is 0 Å². The molecule has 0 heterocycles. The molecule has 0 spiro atoms. The van der Waals surface area contributed by atoms with Crippen molar-refractivity contribution in [3.63, 3.8) is 0 Å². The highest BCUT2D eigenvalue weighted by molar-refractivity contribution is 5.68. The quantitative estimate of drug-likeness (QED) is 0.885. The van der Waals surface area contributed by atoms with Gasteiger partial charge in [-0.3, -0.25) is 4.79 Å². The van der Waals surface area contributed by atoms with Crippen molar-refractivity contribution >= 4 is 5.97 Å². The van der Waals surface area contributed by atoms with Crippen LogP contribution in [0.2, 0.25) is 0 Å². The number of likely N-dealkylation sites (N-methyl/N-ethyl adjacent to an activating group) is 1. The summed E-state index contributed by atoms with van der Waals surface area (Å²) in [5.74, 6) is -0.804. The summed E-state index contributed by atoms with van der Waals surface area (Å²) < 4.78 is 0. The molecule has 0 atom stereocenters. The first-order chi connectivity index (χ1) is 9.24. The Labute approximate surface area is 113 Å². The minimum Gasteiger partial charge on any atom is -0.480 e. The summed E-state index contributed by atoms with van der Waals surface area (Å²) in [5.41, 5.74) is 2.55. The maximum Gasteiger partial charge on any atom is 0.317 e. The summed E-state index contributed by atoms with van der Waals surface area (Å²) in [5, 5.41) is 10.6. The number of aliphatic carboxylic acids is 1. The van der Waals surface area contributed by atoms with Crippen molar-refractivity contribution in [2.24, 2.45) is 0 Å². The van der Waals surface area contributed by atoms with Gasteiger partial charge in [0.25, 0.3) is 0 Å². The van der Waals surface area contributed by atoms with Crippen LogP contribution in [0.3, 0.4) is 0 Å². The molecule has 0 saturated carbocycles. The van der Waals surface area contributed by atoms with Crippen LogP contribution in [0.25, 0.3) is 11.1 Å². The smallest absolute Gasteiger partial charge is 0.317 e. The van der Waals surface area contributed by atoms with Crippen molar-refractivity contribution in [3.8, 4) is 11.1 Å². The lowest BCUT2D eigenvalue weighted by molar-refractivity contribution is -0.135. The maximum atomic E-state index is 9.70. The van der Waals surface area contributed by atoms with Gasteiger partial charge in [0.1, 0.15) is 0 Å². The van der Waals surface area contributed by atoms with E-state index in [0.29, 0.717) is 6.54 Å². The molecule has 0 fully saturated rings. The summed E-state index contributed by atoms with van der Waals surface area (Å²) >= 11 is 0. The van der Waals surface area contributed by atoms with Crippen LogP contribution in [0, 0.1) is 0 Å². The lowest BCUT2D eigenvalue weighted by atomic mass is 10.1. The van der Waals surface area contributed by atoms with Crippen LogP contribution in [0.15, 0.2) is 60.7 Å². The van der Waals surface area contributed by atoms with E-state index in [1.54, 1.807) is 0 Å². The molecule has 2 rings (SSSR count). The van der Waals surface area contributed by atoms with E-state index < -0.39 is 5.97 Å². The number of carboxylic acid groups (broad SMARTS) is 1. The van der Waals surface area contributed by atoms with Gasteiger partial charge >= 0.3 is 5.97 Å². The number of carboxylic acids is 1. The average molecular weight is 257 g/mol. The topological polar surface area (TPSA) is 49.3 Å². The highest BCUT2D eigenvalue weighted by Gasteiger charge is 1.91. The Morgan fingerprint density at radius 2 is 1.37 bits per heavy atom. The fourth-order valence-electron chi connectivity index (χ4n) is 1.49. The van der Waals surface area contributed by atoms with Gasteiger partial charge < -0.3 is 10.4 Å². The van der Waals surface area contributed by atoms with Crippen LogP contribution in [-0.2, 0) is 4.79 Å². The van der Waals surface area contributed by atoms with Crippen LogP contribution >= 0.6 is 0 Å². The van der Waals surface area contributed by atoms with E-state index in [2.05, 4.69) is 53.8 Å². The number of hydrogen-bond donors (Lipinski definition) is 2. The van der Waals surface area contributed by atoms with Gasteiger partial charge in [-0.1, -0.05) is 67.6 Å². The van der Waals surface area contributed by atoms with Crippen LogP contribution in [0.4, 0.5) is 0 Å². The fraction of sp³-hybridized carbons (Fsp3) is 0.188. The molecule has 2 N–H and O–H groups in total. The Morgan fingerprint density at radius 1 is 0.947 bits per heavy atom. The van der Waals surface area contributed by atoms with E-state index in [4.69, 9.17) is 5.11 Å². The van der Waals surface area contributed by atoms with Gasteiger partial charge in [-0.25, -0.2) is 0 Å². The largest absolute Gasteiger partial charge is 0.480 e. The van der Waals surface area contributed by atoms with E-state index in [1.165, 1.54) is 11.1 Å². The molecule has 0 unspecified atom stereocenters. The summed E-state index contributed by atoms with van der Waals surface area (Å²) in [6, 6.07) is 20.8. The highest BCUT2D eigenvalue weighted by atomic mass is 16.4. The maximum absolute atomic E-state index is 9.70. The fourth-order valence-corrected chi connectivity index (χ4v) is 1.49. The highest BCUT2D eigenvalue weighted by Crippen LogP contribution is 2.17. The van der Waals surface area contributed by atoms with Crippen molar-refractivity contribution in [2.75, 3.05) is 13.1 Å². The molecule has 0 aliphatic carbocycles. The Balaban J connectivity index is 0.000000224. The van der Waals surface area contributed by atoms with Crippen molar-refractivity contribution in [1.82, 2.24) is 5.32 Å². The molecule has 0 saturated heterocycles. The second kappa shape index (κ2) is 8.89. The monoisotopic (exact) mass is 257 g/mol. The Morgan fingerprint density at radius 3 is 1.63 bits per heavy atom. The molecule has 0 amide bonds. The molecular formula is C16H19NO2. The number of carbonyl (C=O) groups is 1. The number of hydrogen-bond acceptors (Lipinski definition) is 2. The summed E-state index contributed by atoms with van der Waals surface area (Å²) in [6.45, 7) is 2.64. The summed E-state index contributed by atoms with van der Waals surface area (Å²) in [4.78, 5) is 9.70. The third-order valence-corrected chi connectivity index (χ3v) is 2.41. The molecule has 0 aliphatic heterocycles. The van der Waals surface area contributed by atoms with Gasteiger partial charge in [0.15, 0.2) is 0 Å². The van der Waals surface area contributed by atoms with Crippen LogP contribution in [0.1, 0.15) is 6.92 Å². The zero-order valence-corrected chi connectivity index (χ0v) is 11.0. The first kappa shape index (κ1) is 14.9. The van der Waals surface area contributed by atoms with Gasteiger partial charge in [-0.05, 0) is 17.7 Å². The Bertz CT molecular complexity index is 431. The molecule has 3 nitrogen and oxygen atoms in total. The second-order valence-corrected chi connectivity index (χ2v) is 3.91. The van der Waals surface area contributed by atoms with E-state index in [1.807, 2.05) is 19.1 Å². The summed E-state index contributed by atoms with van der Waals surface area (Å²) in [6.07, 6.45) is 0. The molecular weight excluding hydrogens is 238 g/mol. The SMILES string of the molecule is CCNCC(=O)O.c1ccc(-c2ccccc2)cc1. The standard InChI is InChI=1S/C12H10.C4H9NO2/c1-3-7-11(8-4-1)12-9-5-2-6-10-12;1-2-5-3-4(6)7/h1-10H;5H,2-3H2,1H3,(H,6,7). The molecule has 0 aromatic heterocycles. The third-order valence-electron chi connectivity index (χ3n) is 2.41. The van der Waals surface area contributed by atoms with Crippen molar-refractivity contribution < 1.29 is 9.90 Å². The van der Waals surface area contributed by atoms with Gasteiger partial charge in [0.2, 0.25) is 0 Å². The lowest BCUT2D eigenvalue weighted by Crippen LogP contribution is -2.21. The third kappa shape index (κ3) is 6.38. The Kier molecular flexibility index (Phi) is 6.98. The number of rotatable bonds is 4. The zero-order valence-electron chi connectivity index (χ0n) is 11.0.